The lowest BCUT2D eigenvalue weighted by atomic mass is 10.1. The first kappa shape index (κ1) is 15.9. The van der Waals surface area contributed by atoms with Crippen LogP contribution in [0, 0.1) is 0 Å². The van der Waals surface area contributed by atoms with E-state index in [9.17, 15) is 4.79 Å². The van der Waals surface area contributed by atoms with E-state index in [1.807, 2.05) is 26.1 Å². The van der Waals surface area contributed by atoms with E-state index >= 15 is 0 Å². The molecule has 0 spiro atoms. The number of ether oxygens (including phenoxy) is 2. The molecule has 0 aliphatic rings. The molecule has 6 nitrogen and oxygen atoms in total. The van der Waals surface area contributed by atoms with Gasteiger partial charge in [0.05, 0.1) is 20.3 Å². The van der Waals surface area contributed by atoms with Crippen molar-refractivity contribution in [3.8, 4) is 11.5 Å². The lowest BCUT2D eigenvalue weighted by molar-refractivity contribution is 0.0935. The minimum absolute atomic E-state index is 0.0370. The maximum absolute atomic E-state index is 12.3. The molecule has 2 rings (SSSR count). The summed E-state index contributed by atoms with van der Waals surface area (Å²) in [4.78, 5) is 12.3. The molecule has 1 amide bonds. The molecule has 1 heterocycles. The molecular formula is C16H21N3O3. The minimum Gasteiger partial charge on any atom is -0.493 e. The SMILES string of the molecule is CCOc1cc(C(=O)N[C@@H](C)Cn2cccn2)ccc1OC. The van der Waals surface area contributed by atoms with Gasteiger partial charge in [0.15, 0.2) is 11.5 Å². The molecule has 0 bridgehead atoms. The topological polar surface area (TPSA) is 65.4 Å². The second-order valence-electron chi connectivity index (χ2n) is 4.90. The predicted octanol–water partition coefficient (Wildman–Crippen LogP) is 2.11. The van der Waals surface area contributed by atoms with Gasteiger partial charge in [0.25, 0.3) is 5.91 Å². The summed E-state index contributed by atoms with van der Waals surface area (Å²) in [6.07, 6.45) is 3.58. The van der Waals surface area contributed by atoms with Gasteiger partial charge < -0.3 is 14.8 Å². The Labute approximate surface area is 130 Å². The van der Waals surface area contributed by atoms with Crippen molar-refractivity contribution in [2.45, 2.75) is 26.4 Å². The third-order valence-electron chi connectivity index (χ3n) is 3.12. The maximum atomic E-state index is 12.3. The van der Waals surface area contributed by atoms with Crippen LogP contribution in [-0.4, -0.2) is 35.4 Å². The number of carbonyl (C=O) groups is 1. The quantitative estimate of drug-likeness (QED) is 0.851. The van der Waals surface area contributed by atoms with E-state index in [0.717, 1.165) is 0 Å². The summed E-state index contributed by atoms with van der Waals surface area (Å²) in [6.45, 7) is 4.95. The largest absolute Gasteiger partial charge is 0.493 e. The van der Waals surface area contributed by atoms with Gasteiger partial charge in [0, 0.05) is 24.0 Å². The van der Waals surface area contributed by atoms with Crippen molar-refractivity contribution < 1.29 is 14.3 Å². The number of nitrogens with zero attached hydrogens (tertiary/aromatic N) is 2. The van der Waals surface area contributed by atoms with Crippen LogP contribution in [0.1, 0.15) is 24.2 Å². The fourth-order valence-electron chi connectivity index (χ4n) is 2.13. The molecule has 1 aromatic carbocycles. The van der Waals surface area contributed by atoms with Crippen molar-refractivity contribution in [3.05, 3.63) is 42.2 Å². The molecule has 6 heteroatoms. The average molecular weight is 303 g/mol. The zero-order valence-corrected chi connectivity index (χ0v) is 13.1. The van der Waals surface area contributed by atoms with Crippen molar-refractivity contribution in [2.24, 2.45) is 0 Å². The predicted molar refractivity (Wildman–Crippen MR) is 83.3 cm³/mol. The number of nitrogens with one attached hydrogen (secondary N) is 1. The van der Waals surface area contributed by atoms with Gasteiger partial charge in [-0.2, -0.15) is 5.10 Å². The number of aromatic nitrogens is 2. The summed E-state index contributed by atoms with van der Waals surface area (Å²) >= 11 is 0. The fourth-order valence-corrected chi connectivity index (χ4v) is 2.13. The Hall–Kier alpha value is -2.50. The molecule has 1 N–H and O–H groups in total. The summed E-state index contributed by atoms with van der Waals surface area (Å²) in [7, 11) is 1.57. The van der Waals surface area contributed by atoms with Gasteiger partial charge in [-0.05, 0) is 38.1 Å². The minimum atomic E-state index is -0.150. The van der Waals surface area contributed by atoms with Gasteiger partial charge in [0.2, 0.25) is 0 Å². The molecular weight excluding hydrogens is 282 g/mol. The molecule has 0 radical (unpaired) electrons. The number of amides is 1. The monoisotopic (exact) mass is 303 g/mol. The summed E-state index contributed by atoms with van der Waals surface area (Å²) in [5, 5.41) is 7.07. The van der Waals surface area contributed by atoms with Crippen molar-refractivity contribution in [3.63, 3.8) is 0 Å². The van der Waals surface area contributed by atoms with Gasteiger partial charge in [-0.25, -0.2) is 0 Å². The van der Waals surface area contributed by atoms with Crippen LogP contribution in [0.5, 0.6) is 11.5 Å². The van der Waals surface area contributed by atoms with E-state index in [1.54, 1.807) is 36.2 Å². The van der Waals surface area contributed by atoms with Gasteiger partial charge >= 0.3 is 0 Å². The second-order valence-corrected chi connectivity index (χ2v) is 4.90. The Morgan fingerprint density at radius 2 is 2.23 bits per heavy atom. The molecule has 22 heavy (non-hydrogen) atoms. The lowest BCUT2D eigenvalue weighted by Crippen LogP contribution is -2.35. The third kappa shape index (κ3) is 4.00. The Morgan fingerprint density at radius 3 is 2.86 bits per heavy atom. The van der Waals surface area contributed by atoms with Crippen LogP contribution in [-0.2, 0) is 6.54 Å². The Balaban J connectivity index is 2.03. The highest BCUT2D eigenvalue weighted by Crippen LogP contribution is 2.28. The highest BCUT2D eigenvalue weighted by atomic mass is 16.5. The zero-order chi connectivity index (χ0) is 15.9. The standard InChI is InChI=1S/C16H21N3O3/c1-4-22-15-10-13(6-7-14(15)21-3)16(20)18-12(2)11-19-9-5-8-17-19/h5-10,12H,4,11H2,1-3H3,(H,18,20)/t12-/m0/s1. The summed E-state index contributed by atoms with van der Waals surface area (Å²) in [5.41, 5.74) is 0.538. The Bertz CT molecular complexity index is 611. The second kappa shape index (κ2) is 7.49. The molecule has 0 saturated carbocycles. The van der Waals surface area contributed by atoms with E-state index in [2.05, 4.69) is 10.4 Å². The summed E-state index contributed by atoms with van der Waals surface area (Å²) in [5.74, 6) is 1.03. The third-order valence-corrected chi connectivity index (χ3v) is 3.12. The number of carbonyl (C=O) groups excluding carboxylic acids is 1. The average Bonchev–Trinajstić information content (AvgIpc) is 3.00. The van der Waals surface area contributed by atoms with Gasteiger partial charge in [-0.3, -0.25) is 9.48 Å². The first-order valence-electron chi connectivity index (χ1n) is 7.23. The van der Waals surface area contributed by atoms with E-state index in [0.29, 0.717) is 30.2 Å². The highest BCUT2D eigenvalue weighted by molar-refractivity contribution is 5.95. The smallest absolute Gasteiger partial charge is 0.251 e. The normalized spacial score (nSPS) is 11.8. The van der Waals surface area contributed by atoms with Gasteiger partial charge in [-0.1, -0.05) is 0 Å². The molecule has 0 unspecified atom stereocenters. The van der Waals surface area contributed by atoms with Crippen LogP contribution in [0.4, 0.5) is 0 Å². The van der Waals surface area contributed by atoms with Crippen LogP contribution in [0.25, 0.3) is 0 Å². The number of rotatable bonds is 7. The molecule has 0 aliphatic heterocycles. The van der Waals surface area contributed by atoms with Crippen LogP contribution in [0.15, 0.2) is 36.7 Å². The van der Waals surface area contributed by atoms with Crippen LogP contribution < -0.4 is 14.8 Å². The molecule has 0 saturated heterocycles. The van der Waals surface area contributed by atoms with Crippen LogP contribution in [0.2, 0.25) is 0 Å². The first-order valence-corrected chi connectivity index (χ1v) is 7.23. The Morgan fingerprint density at radius 1 is 1.41 bits per heavy atom. The molecule has 118 valence electrons. The first-order chi connectivity index (χ1) is 10.6. The summed E-state index contributed by atoms with van der Waals surface area (Å²) < 4.78 is 12.5. The fraction of sp³-hybridized carbons (Fsp3) is 0.375. The van der Waals surface area contributed by atoms with Crippen molar-refractivity contribution in [1.82, 2.24) is 15.1 Å². The van der Waals surface area contributed by atoms with Crippen LogP contribution >= 0.6 is 0 Å². The van der Waals surface area contributed by atoms with E-state index in [-0.39, 0.29) is 11.9 Å². The molecule has 0 fully saturated rings. The molecule has 0 aliphatic carbocycles. The van der Waals surface area contributed by atoms with E-state index in [1.165, 1.54) is 0 Å². The van der Waals surface area contributed by atoms with Crippen LogP contribution in [0.3, 0.4) is 0 Å². The van der Waals surface area contributed by atoms with Crippen molar-refractivity contribution in [2.75, 3.05) is 13.7 Å². The number of benzene rings is 1. The maximum Gasteiger partial charge on any atom is 0.251 e. The van der Waals surface area contributed by atoms with Crippen molar-refractivity contribution in [1.29, 1.82) is 0 Å². The number of hydrogen-bond acceptors (Lipinski definition) is 4. The lowest BCUT2D eigenvalue weighted by Gasteiger charge is -2.15. The van der Waals surface area contributed by atoms with E-state index in [4.69, 9.17) is 9.47 Å². The molecule has 1 aromatic heterocycles. The molecule has 2 aromatic rings. The van der Waals surface area contributed by atoms with E-state index < -0.39 is 0 Å². The Kier molecular flexibility index (Phi) is 5.41. The number of hydrogen-bond donors (Lipinski definition) is 1. The van der Waals surface area contributed by atoms with Crippen molar-refractivity contribution >= 4 is 5.91 Å². The highest BCUT2D eigenvalue weighted by Gasteiger charge is 2.13. The number of methoxy groups -OCH3 is 1. The summed E-state index contributed by atoms with van der Waals surface area (Å²) in [6, 6.07) is 6.96. The molecule has 1 atom stereocenters. The van der Waals surface area contributed by atoms with Gasteiger partial charge in [-0.15, -0.1) is 0 Å². The van der Waals surface area contributed by atoms with Gasteiger partial charge in [0.1, 0.15) is 0 Å². The zero-order valence-electron chi connectivity index (χ0n) is 13.1.